The summed E-state index contributed by atoms with van der Waals surface area (Å²) in [5, 5.41) is 21.8. The van der Waals surface area contributed by atoms with Crippen molar-refractivity contribution in [3.05, 3.63) is 42.1 Å². The van der Waals surface area contributed by atoms with Crippen molar-refractivity contribution in [2.45, 2.75) is 44.3 Å². The van der Waals surface area contributed by atoms with Gasteiger partial charge in [0.2, 0.25) is 11.7 Å². The molecule has 3 N–H and O–H groups in total. The lowest BCUT2D eigenvalue weighted by Gasteiger charge is -2.24. The van der Waals surface area contributed by atoms with Gasteiger partial charge in [-0.15, -0.1) is 0 Å². The SMILES string of the molecule is C[C@H]1[C@@H](O)C[C@@H](C(=O)NCc2ccnc(-c3cnc(C(F)(F)F)nc3)c2)N1C(=O)O. The average Bonchev–Trinajstić information content (AvgIpc) is 3.01. The van der Waals surface area contributed by atoms with Crippen LogP contribution in [0.4, 0.5) is 18.0 Å². The smallest absolute Gasteiger partial charge is 0.451 e. The maximum absolute atomic E-state index is 12.6. The molecular formula is C18H18F3N5O4. The van der Waals surface area contributed by atoms with Gasteiger partial charge in [0.25, 0.3) is 0 Å². The molecule has 0 aromatic carbocycles. The topological polar surface area (TPSA) is 129 Å². The Hall–Kier alpha value is -3.28. The maximum atomic E-state index is 12.6. The van der Waals surface area contributed by atoms with Gasteiger partial charge in [0.05, 0.1) is 17.8 Å². The number of aliphatic hydroxyl groups is 1. The standard InChI is InChI=1S/C18H18F3N5O4/c1-9-14(27)5-13(26(9)17(29)30)15(28)23-6-10-2-3-22-12(4-10)11-7-24-16(25-8-11)18(19,20)21/h2-4,7-9,13-14,27H,5-6H2,1H3,(H,23,28)(H,29,30)/t9-,13-,14-/m0/s1. The molecule has 2 amide bonds. The monoisotopic (exact) mass is 425 g/mol. The van der Waals surface area contributed by atoms with Gasteiger partial charge < -0.3 is 15.5 Å². The lowest BCUT2D eigenvalue weighted by Crippen LogP contribution is -2.48. The van der Waals surface area contributed by atoms with Crippen LogP contribution < -0.4 is 5.32 Å². The Labute approximate surface area is 168 Å². The third-order valence-electron chi connectivity index (χ3n) is 4.81. The van der Waals surface area contributed by atoms with E-state index < -0.39 is 42.2 Å². The number of carboxylic acid groups (broad SMARTS) is 1. The Morgan fingerprint density at radius 1 is 1.27 bits per heavy atom. The molecule has 0 radical (unpaired) electrons. The minimum absolute atomic E-state index is 0.0101. The molecule has 1 fully saturated rings. The molecule has 3 rings (SSSR count). The molecule has 3 atom stereocenters. The highest BCUT2D eigenvalue weighted by Gasteiger charge is 2.44. The molecule has 0 saturated carbocycles. The summed E-state index contributed by atoms with van der Waals surface area (Å²) < 4.78 is 37.7. The van der Waals surface area contributed by atoms with E-state index in [0.717, 1.165) is 17.3 Å². The number of pyridine rings is 1. The lowest BCUT2D eigenvalue weighted by molar-refractivity contribution is -0.145. The zero-order valence-electron chi connectivity index (χ0n) is 15.7. The minimum atomic E-state index is -4.65. The third-order valence-corrected chi connectivity index (χ3v) is 4.81. The summed E-state index contributed by atoms with van der Waals surface area (Å²) in [7, 11) is 0. The second-order valence-electron chi connectivity index (χ2n) is 6.81. The summed E-state index contributed by atoms with van der Waals surface area (Å²) in [5.74, 6) is -1.82. The Bertz CT molecular complexity index is 938. The van der Waals surface area contributed by atoms with Gasteiger partial charge in [0, 0.05) is 37.1 Å². The van der Waals surface area contributed by atoms with Crippen LogP contribution in [0, 0.1) is 0 Å². The number of amides is 2. The normalized spacial score (nSPS) is 21.5. The van der Waals surface area contributed by atoms with Crippen LogP contribution in [-0.2, 0) is 17.5 Å². The zero-order valence-corrected chi connectivity index (χ0v) is 15.7. The highest BCUT2D eigenvalue weighted by Crippen LogP contribution is 2.27. The van der Waals surface area contributed by atoms with Gasteiger partial charge in [0.15, 0.2) is 0 Å². The summed E-state index contributed by atoms with van der Waals surface area (Å²) in [5.41, 5.74) is 1.16. The van der Waals surface area contributed by atoms with Crippen LogP contribution >= 0.6 is 0 Å². The van der Waals surface area contributed by atoms with Crippen LogP contribution in [0.2, 0.25) is 0 Å². The largest absolute Gasteiger partial charge is 0.465 e. The number of likely N-dealkylation sites (tertiary alicyclic amines) is 1. The second-order valence-corrected chi connectivity index (χ2v) is 6.81. The summed E-state index contributed by atoms with van der Waals surface area (Å²) in [4.78, 5) is 35.4. The number of hydrogen-bond donors (Lipinski definition) is 3. The Morgan fingerprint density at radius 2 is 1.93 bits per heavy atom. The summed E-state index contributed by atoms with van der Waals surface area (Å²) in [6, 6.07) is 1.42. The van der Waals surface area contributed by atoms with E-state index in [9.17, 15) is 33.0 Å². The summed E-state index contributed by atoms with van der Waals surface area (Å²) in [6.45, 7) is 1.55. The first-order valence-electron chi connectivity index (χ1n) is 8.89. The van der Waals surface area contributed by atoms with E-state index in [1.54, 1.807) is 12.1 Å². The van der Waals surface area contributed by atoms with E-state index in [1.165, 1.54) is 13.1 Å². The van der Waals surface area contributed by atoms with Crippen molar-refractivity contribution in [1.82, 2.24) is 25.2 Å². The number of carbonyl (C=O) groups excluding carboxylic acids is 1. The van der Waals surface area contributed by atoms with Crippen LogP contribution in [0.25, 0.3) is 11.3 Å². The molecule has 0 bridgehead atoms. The van der Waals surface area contributed by atoms with Crippen LogP contribution in [0.15, 0.2) is 30.7 Å². The second kappa shape index (κ2) is 8.22. The highest BCUT2D eigenvalue weighted by atomic mass is 19.4. The molecule has 9 nitrogen and oxygen atoms in total. The molecule has 30 heavy (non-hydrogen) atoms. The molecule has 1 aliphatic rings. The molecule has 160 valence electrons. The van der Waals surface area contributed by atoms with Crippen LogP contribution in [0.1, 0.15) is 24.7 Å². The number of nitrogens with one attached hydrogen (secondary N) is 1. The maximum Gasteiger partial charge on any atom is 0.451 e. The number of rotatable bonds is 4. The first-order valence-corrected chi connectivity index (χ1v) is 8.89. The first-order chi connectivity index (χ1) is 14.1. The first kappa shape index (κ1) is 21.4. The van der Waals surface area contributed by atoms with E-state index in [2.05, 4.69) is 20.3 Å². The van der Waals surface area contributed by atoms with Crippen LogP contribution in [-0.4, -0.2) is 60.3 Å². The van der Waals surface area contributed by atoms with Gasteiger partial charge in [-0.2, -0.15) is 13.2 Å². The third kappa shape index (κ3) is 4.48. The number of hydrogen-bond acceptors (Lipinski definition) is 6. The predicted octanol–water partition coefficient (Wildman–Crippen LogP) is 1.68. The van der Waals surface area contributed by atoms with E-state index in [0.29, 0.717) is 11.3 Å². The van der Waals surface area contributed by atoms with E-state index in [1.807, 2.05) is 0 Å². The van der Waals surface area contributed by atoms with Gasteiger partial charge in [0.1, 0.15) is 6.04 Å². The van der Waals surface area contributed by atoms with Gasteiger partial charge >= 0.3 is 12.3 Å². The quantitative estimate of drug-likeness (QED) is 0.680. The fourth-order valence-corrected chi connectivity index (χ4v) is 3.21. The molecule has 0 spiro atoms. The number of carbonyl (C=O) groups is 2. The molecule has 2 aromatic heterocycles. The van der Waals surface area contributed by atoms with Crippen molar-refractivity contribution in [3.8, 4) is 11.3 Å². The van der Waals surface area contributed by atoms with Crippen molar-refractivity contribution >= 4 is 12.0 Å². The molecule has 12 heteroatoms. The Morgan fingerprint density at radius 3 is 2.53 bits per heavy atom. The molecule has 0 unspecified atom stereocenters. The van der Waals surface area contributed by atoms with Gasteiger partial charge in [-0.05, 0) is 24.6 Å². The van der Waals surface area contributed by atoms with Crippen molar-refractivity contribution < 1.29 is 33.0 Å². The summed E-state index contributed by atoms with van der Waals surface area (Å²) >= 11 is 0. The van der Waals surface area contributed by atoms with Gasteiger partial charge in [-0.25, -0.2) is 14.8 Å². The molecular weight excluding hydrogens is 407 g/mol. The van der Waals surface area contributed by atoms with Crippen LogP contribution in [0.3, 0.4) is 0 Å². The molecule has 3 heterocycles. The molecule has 1 saturated heterocycles. The number of aromatic nitrogens is 3. The molecule has 2 aromatic rings. The fourth-order valence-electron chi connectivity index (χ4n) is 3.21. The highest BCUT2D eigenvalue weighted by molar-refractivity contribution is 5.86. The minimum Gasteiger partial charge on any atom is -0.465 e. The predicted molar refractivity (Wildman–Crippen MR) is 95.8 cm³/mol. The number of aliphatic hydroxyl groups excluding tert-OH is 1. The average molecular weight is 425 g/mol. The fraction of sp³-hybridized carbons (Fsp3) is 0.389. The number of halogens is 3. The van der Waals surface area contributed by atoms with Gasteiger partial charge in [-0.3, -0.25) is 14.7 Å². The zero-order chi connectivity index (χ0) is 22.1. The van der Waals surface area contributed by atoms with Crippen molar-refractivity contribution in [1.29, 1.82) is 0 Å². The van der Waals surface area contributed by atoms with E-state index >= 15 is 0 Å². The van der Waals surface area contributed by atoms with Crippen molar-refractivity contribution in [2.24, 2.45) is 0 Å². The van der Waals surface area contributed by atoms with Crippen molar-refractivity contribution in [2.75, 3.05) is 0 Å². The Balaban J connectivity index is 1.68. The van der Waals surface area contributed by atoms with Crippen LogP contribution in [0.5, 0.6) is 0 Å². The summed E-state index contributed by atoms with van der Waals surface area (Å²) in [6.07, 6.45) is -3.47. The van der Waals surface area contributed by atoms with Crippen molar-refractivity contribution in [3.63, 3.8) is 0 Å². The van der Waals surface area contributed by atoms with E-state index in [4.69, 9.17) is 0 Å². The molecule has 0 aliphatic carbocycles. The van der Waals surface area contributed by atoms with Gasteiger partial charge in [-0.1, -0.05) is 0 Å². The number of nitrogens with zero attached hydrogens (tertiary/aromatic N) is 4. The molecule has 1 aliphatic heterocycles. The lowest BCUT2D eigenvalue weighted by atomic mass is 10.1. The Kier molecular flexibility index (Phi) is 5.87. The number of alkyl halides is 3. The van der Waals surface area contributed by atoms with E-state index in [-0.39, 0.29) is 18.5 Å².